The zero-order valence-electron chi connectivity index (χ0n) is 10.9. The Hall–Kier alpha value is -1.83. The molecule has 0 bridgehead atoms. The second kappa shape index (κ2) is 6.80. The molecular weight excluding hydrogens is 228 g/mol. The standard InChI is InChI=1S/C13H20N4O/c1-9-5-3-4-6-10(9)13(18)17-12(8-15)11(7-14)16-2/h8-10,15-16H,3-6H2,1-2H3,(H,17,18)/b12-11+,15-8?. The van der Waals surface area contributed by atoms with Crippen molar-refractivity contribution in [3.05, 3.63) is 11.4 Å². The molecule has 5 heteroatoms. The van der Waals surface area contributed by atoms with Crippen molar-refractivity contribution in [3.63, 3.8) is 0 Å². The molecule has 1 saturated carbocycles. The van der Waals surface area contributed by atoms with Gasteiger partial charge in [-0.05, 0) is 18.8 Å². The highest BCUT2D eigenvalue weighted by molar-refractivity contribution is 5.89. The Morgan fingerprint density at radius 3 is 2.61 bits per heavy atom. The summed E-state index contributed by atoms with van der Waals surface area (Å²) in [7, 11) is 1.59. The first kappa shape index (κ1) is 14.2. The average Bonchev–Trinajstić information content (AvgIpc) is 2.39. The molecule has 2 unspecified atom stereocenters. The summed E-state index contributed by atoms with van der Waals surface area (Å²) >= 11 is 0. The Morgan fingerprint density at radius 1 is 1.44 bits per heavy atom. The van der Waals surface area contributed by atoms with Gasteiger partial charge in [0, 0.05) is 19.2 Å². The first-order valence-corrected chi connectivity index (χ1v) is 6.27. The van der Waals surface area contributed by atoms with Crippen LogP contribution >= 0.6 is 0 Å². The van der Waals surface area contributed by atoms with Crippen LogP contribution in [-0.4, -0.2) is 19.2 Å². The molecule has 0 spiro atoms. The molecule has 0 aromatic rings. The van der Waals surface area contributed by atoms with E-state index in [1.807, 2.05) is 6.07 Å². The molecule has 0 aliphatic heterocycles. The lowest BCUT2D eigenvalue weighted by molar-refractivity contribution is -0.126. The Labute approximate surface area is 108 Å². The Morgan fingerprint density at radius 2 is 2.11 bits per heavy atom. The first-order chi connectivity index (χ1) is 8.63. The molecule has 1 fully saturated rings. The number of hydrogen-bond acceptors (Lipinski definition) is 4. The predicted molar refractivity (Wildman–Crippen MR) is 69.7 cm³/mol. The third-order valence-corrected chi connectivity index (χ3v) is 3.48. The number of rotatable bonds is 4. The summed E-state index contributed by atoms with van der Waals surface area (Å²) in [5.41, 5.74) is 0.449. The maximum atomic E-state index is 12.1. The van der Waals surface area contributed by atoms with Gasteiger partial charge in [0.1, 0.15) is 11.8 Å². The van der Waals surface area contributed by atoms with E-state index in [1.165, 1.54) is 6.42 Å². The van der Waals surface area contributed by atoms with Crippen LogP contribution in [0.5, 0.6) is 0 Å². The molecule has 1 aliphatic rings. The largest absolute Gasteiger partial charge is 0.378 e. The highest BCUT2D eigenvalue weighted by Gasteiger charge is 2.28. The quantitative estimate of drug-likeness (QED) is 0.520. The van der Waals surface area contributed by atoms with Gasteiger partial charge in [0.15, 0.2) is 0 Å². The Bertz CT molecular complexity index is 394. The van der Waals surface area contributed by atoms with E-state index in [0.717, 1.165) is 25.5 Å². The van der Waals surface area contributed by atoms with Crippen LogP contribution in [0.4, 0.5) is 0 Å². The molecule has 18 heavy (non-hydrogen) atoms. The van der Waals surface area contributed by atoms with Crippen molar-refractivity contribution >= 4 is 12.1 Å². The van der Waals surface area contributed by atoms with Gasteiger partial charge in [-0.1, -0.05) is 19.8 Å². The summed E-state index contributed by atoms with van der Waals surface area (Å²) < 4.78 is 0. The highest BCUT2D eigenvalue weighted by atomic mass is 16.1. The fraction of sp³-hybridized carbons (Fsp3) is 0.615. The third kappa shape index (κ3) is 3.33. The lowest BCUT2D eigenvalue weighted by Crippen LogP contribution is -2.36. The molecule has 0 heterocycles. The van der Waals surface area contributed by atoms with E-state index < -0.39 is 0 Å². The van der Waals surface area contributed by atoms with Gasteiger partial charge in [0.25, 0.3) is 0 Å². The van der Waals surface area contributed by atoms with E-state index in [2.05, 4.69) is 17.6 Å². The van der Waals surface area contributed by atoms with Crippen LogP contribution in [0.3, 0.4) is 0 Å². The summed E-state index contributed by atoms with van der Waals surface area (Å²) in [5.74, 6) is 0.278. The minimum atomic E-state index is -0.0799. The van der Waals surface area contributed by atoms with Gasteiger partial charge in [-0.15, -0.1) is 0 Å². The fourth-order valence-electron chi connectivity index (χ4n) is 2.35. The Kier molecular flexibility index (Phi) is 5.37. The van der Waals surface area contributed by atoms with Crippen molar-refractivity contribution in [2.45, 2.75) is 32.6 Å². The highest BCUT2D eigenvalue weighted by Crippen LogP contribution is 2.29. The van der Waals surface area contributed by atoms with Gasteiger partial charge in [-0.2, -0.15) is 5.26 Å². The number of carbonyl (C=O) groups is 1. The van der Waals surface area contributed by atoms with Gasteiger partial charge >= 0.3 is 0 Å². The van der Waals surface area contributed by atoms with E-state index in [1.54, 1.807) is 7.05 Å². The SMILES string of the molecule is CN/C(C#N)=C(\C=N)NC(=O)C1CCCCC1C. The van der Waals surface area contributed by atoms with Crippen molar-refractivity contribution in [1.29, 1.82) is 10.7 Å². The van der Waals surface area contributed by atoms with Crippen molar-refractivity contribution in [3.8, 4) is 6.07 Å². The number of allylic oxidation sites excluding steroid dienone is 2. The van der Waals surface area contributed by atoms with Crippen LogP contribution in [0.25, 0.3) is 0 Å². The molecule has 0 aromatic carbocycles. The van der Waals surface area contributed by atoms with Crippen molar-refractivity contribution in [2.24, 2.45) is 11.8 Å². The molecule has 1 amide bonds. The number of carbonyl (C=O) groups excluding carboxylic acids is 1. The minimum absolute atomic E-state index is 0.00880. The molecule has 5 nitrogen and oxygen atoms in total. The molecule has 98 valence electrons. The normalized spacial score (nSPS) is 24.5. The van der Waals surface area contributed by atoms with Crippen molar-refractivity contribution < 1.29 is 4.79 Å². The van der Waals surface area contributed by atoms with Gasteiger partial charge in [-0.25, -0.2) is 0 Å². The summed E-state index contributed by atoms with van der Waals surface area (Å²) in [6, 6.07) is 1.92. The Balaban J connectivity index is 2.76. The van der Waals surface area contributed by atoms with Gasteiger partial charge in [-0.3, -0.25) is 4.79 Å². The number of amides is 1. The topological polar surface area (TPSA) is 88.8 Å². The summed E-state index contributed by atoms with van der Waals surface area (Å²) in [4.78, 5) is 12.1. The van der Waals surface area contributed by atoms with Crippen molar-refractivity contribution in [2.75, 3.05) is 7.05 Å². The maximum absolute atomic E-state index is 12.1. The zero-order valence-corrected chi connectivity index (χ0v) is 10.9. The van der Waals surface area contributed by atoms with Crippen LogP contribution in [0.1, 0.15) is 32.6 Å². The number of nitriles is 1. The predicted octanol–water partition coefficient (Wildman–Crippen LogP) is 1.53. The smallest absolute Gasteiger partial charge is 0.227 e. The molecule has 0 saturated heterocycles. The molecule has 0 aromatic heterocycles. The van der Waals surface area contributed by atoms with E-state index in [-0.39, 0.29) is 23.2 Å². The first-order valence-electron chi connectivity index (χ1n) is 6.27. The van der Waals surface area contributed by atoms with E-state index in [4.69, 9.17) is 10.7 Å². The number of nitrogens with one attached hydrogen (secondary N) is 3. The molecule has 2 atom stereocenters. The van der Waals surface area contributed by atoms with Crippen LogP contribution in [0, 0.1) is 28.6 Å². The summed E-state index contributed by atoms with van der Waals surface area (Å²) in [6.07, 6.45) is 5.21. The van der Waals surface area contributed by atoms with Crippen LogP contribution in [-0.2, 0) is 4.79 Å². The van der Waals surface area contributed by atoms with Crippen LogP contribution in [0.2, 0.25) is 0 Å². The van der Waals surface area contributed by atoms with Crippen LogP contribution in [0.15, 0.2) is 11.4 Å². The zero-order chi connectivity index (χ0) is 13.5. The summed E-state index contributed by atoms with van der Waals surface area (Å²) in [6.45, 7) is 2.08. The van der Waals surface area contributed by atoms with Crippen molar-refractivity contribution in [1.82, 2.24) is 10.6 Å². The number of nitrogens with zero attached hydrogens (tertiary/aromatic N) is 1. The van der Waals surface area contributed by atoms with Gasteiger partial charge in [0.2, 0.25) is 5.91 Å². The second-order valence-corrected chi connectivity index (χ2v) is 4.65. The summed E-state index contributed by atoms with van der Waals surface area (Å²) in [5, 5.41) is 21.5. The van der Waals surface area contributed by atoms with Gasteiger partial charge in [0.05, 0.1) is 5.70 Å². The molecule has 3 N–H and O–H groups in total. The van der Waals surface area contributed by atoms with Gasteiger partial charge < -0.3 is 16.0 Å². The lowest BCUT2D eigenvalue weighted by Gasteiger charge is -2.27. The number of hydrogen-bond donors (Lipinski definition) is 3. The van der Waals surface area contributed by atoms with E-state index >= 15 is 0 Å². The average molecular weight is 248 g/mol. The second-order valence-electron chi connectivity index (χ2n) is 4.65. The van der Waals surface area contributed by atoms with E-state index in [9.17, 15) is 4.79 Å². The molecule has 0 radical (unpaired) electrons. The maximum Gasteiger partial charge on any atom is 0.227 e. The molecular formula is C13H20N4O. The minimum Gasteiger partial charge on any atom is -0.378 e. The van der Waals surface area contributed by atoms with E-state index in [0.29, 0.717) is 5.92 Å². The lowest BCUT2D eigenvalue weighted by atomic mass is 9.80. The van der Waals surface area contributed by atoms with Crippen LogP contribution < -0.4 is 10.6 Å². The fourth-order valence-corrected chi connectivity index (χ4v) is 2.35. The monoisotopic (exact) mass is 248 g/mol. The molecule has 1 rings (SSSR count). The third-order valence-electron chi connectivity index (χ3n) is 3.48. The molecule has 1 aliphatic carbocycles.